The largest absolute Gasteiger partial charge is 0.408 e. The van der Waals surface area contributed by atoms with Crippen LogP contribution in [0.5, 0.6) is 0 Å². The van der Waals surface area contributed by atoms with Crippen molar-refractivity contribution in [3.8, 4) is 12.1 Å². The van der Waals surface area contributed by atoms with Crippen LogP contribution in [0, 0.1) is 29.6 Å². The highest BCUT2D eigenvalue weighted by Crippen LogP contribution is 2.48. The molecule has 9 heteroatoms. The van der Waals surface area contributed by atoms with Crippen LogP contribution in [0.4, 0.5) is 18.9 Å². The van der Waals surface area contributed by atoms with E-state index in [2.05, 4.69) is 26.9 Å². The lowest BCUT2D eigenvalue weighted by atomic mass is 9.97. The Morgan fingerprint density at radius 1 is 1.17 bits per heavy atom. The van der Waals surface area contributed by atoms with E-state index in [1.807, 2.05) is 6.07 Å². The van der Waals surface area contributed by atoms with E-state index in [0.717, 1.165) is 0 Å². The number of nitriles is 2. The van der Waals surface area contributed by atoms with Gasteiger partial charge in [-0.1, -0.05) is 0 Å². The summed E-state index contributed by atoms with van der Waals surface area (Å²) in [5, 5.41) is 18.7. The van der Waals surface area contributed by atoms with Crippen molar-refractivity contribution in [2.75, 3.05) is 5.43 Å². The lowest BCUT2D eigenvalue weighted by molar-refractivity contribution is -0.164. The fraction of sp³-hybridized carbons (Fsp3) is 0.300. The van der Waals surface area contributed by atoms with Crippen LogP contribution in [-0.2, 0) is 0 Å². The number of pyridine rings is 2. The number of hydrazine groups is 1. The predicted octanol–water partition coefficient (Wildman–Crippen LogP) is 4.12. The SMILES string of the molecule is C/C(=C(/C#N)c1cc(C#N)cnc1C)c1ccc(NNC2(C(F)(F)F)CC2)cn1. The van der Waals surface area contributed by atoms with Crippen LogP contribution in [0.1, 0.15) is 42.3 Å². The highest BCUT2D eigenvalue weighted by Gasteiger charge is 2.63. The molecule has 2 aromatic rings. The molecule has 1 aliphatic carbocycles. The van der Waals surface area contributed by atoms with Gasteiger partial charge in [0.2, 0.25) is 0 Å². The number of allylic oxidation sites excluding steroid dienone is 2. The summed E-state index contributed by atoms with van der Waals surface area (Å²) in [5.41, 5.74) is 6.25. The zero-order valence-electron chi connectivity index (χ0n) is 15.7. The molecule has 0 unspecified atom stereocenters. The summed E-state index contributed by atoms with van der Waals surface area (Å²) in [4.78, 5) is 8.39. The first-order valence-electron chi connectivity index (χ1n) is 8.75. The number of halogens is 3. The summed E-state index contributed by atoms with van der Waals surface area (Å²) in [6.07, 6.45) is -1.44. The molecule has 1 aliphatic rings. The maximum absolute atomic E-state index is 13.0. The lowest BCUT2D eigenvalue weighted by Gasteiger charge is -2.21. The number of aromatic nitrogens is 2. The van der Waals surface area contributed by atoms with Crippen LogP contribution in [0.15, 0.2) is 30.6 Å². The number of rotatable bonds is 5. The molecule has 0 aromatic carbocycles. The van der Waals surface area contributed by atoms with Crippen molar-refractivity contribution < 1.29 is 13.2 Å². The van der Waals surface area contributed by atoms with Crippen molar-refractivity contribution in [2.45, 2.75) is 38.4 Å². The standard InChI is InChI=1S/C20H17F3N6/c1-12(17(9-25)16-7-14(8-24)10-26-13(16)2)18-4-3-15(11-27-18)28-29-19(5-6-19)20(21,22)23/h3-4,7,10-11,28-29H,5-6H2,1-2H3/b17-12+. The number of alkyl halides is 3. The van der Waals surface area contributed by atoms with Crippen LogP contribution < -0.4 is 10.9 Å². The third kappa shape index (κ3) is 4.05. The molecule has 0 bridgehead atoms. The molecule has 0 spiro atoms. The van der Waals surface area contributed by atoms with Gasteiger partial charge in [-0.15, -0.1) is 0 Å². The van der Waals surface area contributed by atoms with Gasteiger partial charge >= 0.3 is 6.18 Å². The Hall–Kier alpha value is -3.43. The topological polar surface area (TPSA) is 97.4 Å². The molecule has 29 heavy (non-hydrogen) atoms. The van der Waals surface area contributed by atoms with Crippen molar-refractivity contribution in [1.82, 2.24) is 15.4 Å². The van der Waals surface area contributed by atoms with E-state index in [0.29, 0.717) is 39.3 Å². The quantitative estimate of drug-likeness (QED) is 0.581. The molecule has 1 saturated carbocycles. The zero-order chi connectivity index (χ0) is 21.2. The summed E-state index contributed by atoms with van der Waals surface area (Å²) >= 11 is 0. The molecule has 1 fully saturated rings. The smallest absolute Gasteiger partial charge is 0.319 e. The summed E-state index contributed by atoms with van der Waals surface area (Å²) < 4.78 is 38.9. The van der Waals surface area contributed by atoms with Crippen molar-refractivity contribution in [3.63, 3.8) is 0 Å². The Labute approximate surface area is 165 Å². The highest BCUT2D eigenvalue weighted by atomic mass is 19.4. The second-order valence-electron chi connectivity index (χ2n) is 6.84. The van der Waals surface area contributed by atoms with Crippen molar-refractivity contribution >= 4 is 16.8 Å². The second-order valence-corrected chi connectivity index (χ2v) is 6.84. The minimum atomic E-state index is -4.32. The second kappa shape index (κ2) is 7.53. The molecule has 2 heterocycles. The number of nitrogens with one attached hydrogen (secondary N) is 2. The number of hydrogen-bond donors (Lipinski definition) is 2. The zero-order valence-corrected chi connectivity index (χ0v) is 15.7. The normalized spacial score (nSPS) is 15.7. The number of hydrogen-bond acceptors (Lipinski definition) is 6. The molecule has 0 radical (unpaired) electrons. The first kappa shape index (κ1) is 20.3. The summed E-state index contributed by atoms with van der Waals surface area (Å²) in [5.74, 6) is 0. The number of aryl methyl sites for hydroxylation is 1. The summed E-state index contributed by atoms with van der Waals surface area (Å²) in [6.45, 7) is 3.45. The molecule has 2 N–H and O–H groups in total. The van der Waals surface area contributed by atoms with Gasteiger partial charge in [0.05, 0.1) is 28.7 Å². The van der Waals surface area contributed by atoms with Crippen LogP contribution >= 0.6 is 0 Å². The molecule has 0 aliphatic heterocycles. The maximum Gasteiger partial charge on any atom is 0.408 e. The van der Waals surface area contributed by atoms with Gasteiger partial charge in [-0.25, -0.2) is 5.43 Å². The van der Waals surface area contributed by atoms with Gasteiger partial charge in [0, 0.05) is 17.5 Å². The molecule has 148 valence electrons. The van der Waals surface area contributed by atoms with Gasteiger partial charge in [0.25, 0.3) is 0 Å². The van der Waals surface area contributed by atoms with Gasteiger partial charge in [0.15, 0.2) is 0 Å². The van der Waals surface area contributed by atoms with Gasteiger partial charge in [-0.05, 0) is 50.5 Å². The minimum absolute atomic E-state index is 0.0253. The molecule has 6 nitrogen and oxygen atoms in total. The van der Waals surface area contributed by atoms with E-state index in [9.17, 15) is 18.4 Å². The van der Waals surface area contributed by atoms with Crippen LogP contribution in [-0.4, -0.2) is 21.7 Å². The van der Waals surface area contributed by atoms with Crippen molar-refractivity contribution in [2.24, 2.45) is 0 Å². The maximum atomic E-state index is 13.0. The molecule has 0 atom stereocenters. The Balaban J connectivity index is 1.83. The summed E-state index contributed by atoms with van der Waals surface area (Å²) in [6, 6.07) is 8.91. The number of anilines is 1. The van der Waals surface area contributed by atoms with E-state index in [-0.39, 0.29) is 12.8 Å². The van der Waals surface area contributed by atoms with Crippen molar-refractivity contribution in [1.29, 1.82) is 10.5 Å². The minimum Gasteiger partial charge on any atom is -0.319 e. The van der Waals surface area contributed by atoms with Crippen LogP contribution in [0.3, 0.4) is 0 Å². The van der Waals surface area contributed by atoms with Gasteiger partial charge in [-0.2, -0.15) is 23.7 Å². The molecular formula is C20H17F3N6. The highest BCUT2D eigenvalue weighted by molar-refractivity contribution is 5.96. The van der Waals surface area contributed by atoms with E-state index in [4.69, 9.17) is 5.26 Å². The van der Waals surface area contributed by atoms with Gasteiger partial charge < -0.3 is 5.43 Å². The summed E-state index contributed by atoms with van der Waals surface area (Å²) in [7, 11) is 0. The van der Waals surface area contributed by atoms with Crippen LogP contribution in [0.25, 0.3) is 11.1 Å². The van der Waals surface area contributed by atoms with Gasteiger partial charge in [-0.3, -0.25) is 9.97 Å². The van der Waals surface area contributed by atoms with E-state index in [1.54, 1.807) is 32.0 Å². The van der Waals surface area contributed by atoms with Crippen LogP contribution in [0.2, 0.25) is 0 Å². The predicted molar refractivity (Wildman–Crippen MR) is 101 cm³/mol. The fourth-order valence-corrected chi connectivity index (χ4v) is 2.81. The monoisotopic (exact) mass is 398 g/mol. The molecule has 3 rings (SSSR count). The molecular weight excluding hydrogens is 381 g/mol. The first-order chi connectivity index (χ1) is 13.7. The average molecular weight is 398 g/mol. The third-order valence-electron chi connectivity index (χ3n) is 4.86. The Morgan fingerprint density at radius 2 is 1.90 bits per heavy atom. The first-order valence-corrected chi connectivity index (χ1v) is 8.75. The van der Waals surface area contributed by atoms with E-state index >= 15 is 0 Å². The van der Waals surface area contributed by atoms with Crippen molar-refractivity contribution in [3.05, 3.63) is 53.1 Å². The molecule has 0 saturated heterocycles. The molecule has 2 aromatic heterocycles. The Bertz CT molecular complexity index is 1040. The number of nitrogens with zero attached hydrogens (tertiary/aromatic N) is 4. The third-order valence-corrected chi connectivity index (χ3v) is 4.86. The average Bonchev–Trinajstić information content (AvgIpc) is 3.50. The Morgan fingerprint density at radius 3 is 2.41 bits per heavy atom. The van der Waals surface area contributed by atoms with E-state index in [1.165, 1.54) is 12.4 Å². The van der Waals surface area contributed by atoms with E-state index < -0.39 is 11.7 Å². The molecule has 0 amide bonds. The fourth-order valence-electron chi connectivity index (χ4n) is 2.81. The Kier molecular flexibility index (Phi) is 5.27. The lowest BCUT2D eigenvalue weighted by Crippen LogP contribution is -2.47. The van der Waals surface area contributed by atoms with Gasteiger partial charge in [0.1, 0.15) is 17.7 Å².